The van der Waals surface area contributed by atoms with Gasteiger partial charge in [-0.2, -0.15) is 0 Å². The Morgan fingerprint density at radius 2 is 2.00 bits per heavy atom. The van der Waals surface area contributed by atoms with Crippen LogP contribution in [0.1, 0.15) is 35.3 Å². The maximum Gasteiger partial charge on any atom is 0.142 e. The molecule has 0 fully saturated rings. The average Bonchev–Trinajstić information content (AvgIpc) is 2.71. The van der Waals surface area contributed by atoms with Crippen LogP contribution in [0.3, 0.4) is 0 Å². The van der Waals surface area contributed by atoms with Crippen LogP contribution < -0.4 is 5.32 Å². The number of benzene rings is 1. The molecule has 0 unspecified atom stereocenters. The third-order valence-electron chi connectivity index (χ3n) is 4.28. The van der Waals surface area contributed by atoms with Crippen LogP contribution in [0.15, 0.2) is 30.6 Å². The summed E-state index contributed by atoms with van der Waals surface area (Å²) in [7, 11) is 0. The Labute approximate surface area is 134 Å². The van der Waals surface area contributed by atoms with E-state index in [1.807, 2.05) is 11.3 Å². The predicted octanol–water partition coefficient (Wildman–Crippen LogP) is 5.01. The quantitative estimate of drug-likeness (QED) is 0.676. The molecule has 2 aromatic heterocycles. The van der Waals surface area contributed by atoms with E-state index in [1.165, 1.54) is 47.1 Å². The predicted molar refractivity (Wildman–Crippen MR) is 93.1 cm³/mol. The molecule has 4 rings (SSSR count). The Bertz CT molecular complexity index is 822. The Hall–Kier alpha value is -1.94. The van der Waals surface area contributed by atoms with Gasteiger partial charge >= 0.3 is 0 Å². The lowest BCUT2D eigenvalue weighted by molar-refractivity contribution is 0.713. The van der Waals surface area contributed by atoms with E-state index in [0.717, 1.165) is 22.8 Å². The van der Waals surface area contributed by atoms with Crippen molar-refractivity contribution in [3.8, 4) is 0 Å². The van der Waals surface area contributed by atoms with Crippen molar-refractivity contribution >= 4 is 33.1 Å². The molecule has 0 bridgehead atoms. The summed E-state index contributed by atoms with van der Waals surface area (Å²) in [6, 6.07) is 8.42. The topological polar surface area (TPSA) is 37.8 Å². The zero-order valence-corrected chi connectivity index (χ0v) is 13.5. The number of hydrogen-bond acceptors (Lipinski definition) is 4. The van der Waals surface area contributed by atoms with Gasteiger partial charge in [-0.25, -0.2) is 9.97 Å². The first kappa shape index (κ1) is 13.7. The van der Waals surface area contributed by atoms with Crippen LogP contribution in [0.25, 0.3) is 10.2 Å². The molecule has 0 spiro atoms. The molecule has 1 aliphatic rings. The van der Waals surface area contributed by atoms with E-state index in [9.17, 15) is 0 Å². The number of aromatic nitrogens is 2. The first-order valence-corrected chi connectivity index (χ1v) is 8.72. The van der Waals surface area contributed by atoms with Crippen LogP contribution in [-0.4, -0.2) is 9.97 Å². The molecular formula is C18H19N3S. The SMILES string of the molecule is Cc1cccc(Nc2ncnc3sc4c(c23)CCCCC4)c1. The molecule has 1 N–H and O–H groups in total. The average molecular weight is 309 g/mol. The van der Waals surface area contributed by atoms with E-state index in [4.69, 9.17) is 0 Å². The minimum atomic E-state index is 0.954. The molecule has 4 heteroatoms. The Morgan fingerprint density at radius 1 is 1.09 bits per heavy atom. The third kappa shape index (κ3) is 2.48. The second kappa shape index (κ2) is 5.69. The summed E-state index contributed by atoms with van der Waals surface area (Å²) < 4.78 is 0. The van der Waals surface area contributed by atoms with E-state index in [0.29, 0.717) is 0 Å². The van der Waals surface area contributed by atoms with Crippen molar-refractivity contribution in [1.29, 1.82) is 0 Å². The number of thiophene rings is 1. The smallest absolute Gasteiger partial charge is 0.142 e. The van der Waals surface area contributed by atoms with Crippen molar-refractivity contribution in [3.63, 3.8) is 0 Å². The molecule has 0 amide bonds. The molecule has 112 valence electrons. The van der Waals surface area contributed by atoms with E-state index in [2.05, 4.69) is 46.5 Å². The summed E-state index contributed by atoms with van der Waals surface area (Å²) >= 11 is 1.85. The van der Waals surface area contributed by atoms with Crippen LogP contribution in [0.2, 0.25) is 0 Å². The van der Waals surface area contributed by atoms with Crippen LogP contribution in [0.4, 0.5) is 11.5 Å². The minimum Gasteiger partial charge on any atom is -0.340 e. The Kier molecular flexibility index (Phi) is 3.54. The number of nitrogens with zero attached hydrogens (tertiary/aromatic N) is 2. The van der Waals surface area contributed by atoms with Crippen molar-refractivity contribution in [2.24, 2.45) is 0 Å². The van der Waals surface area contributed by atoms with E-state index < -0.39 is 0 Å². The molecule has 0 radical (unpaired) electrons. The highest BCUT2D eigenvalue weighted by Gasteiger charge is 2.18. The summed E-state index contributed by atoms with van der Waals surface area (Å²) in [6.45, 7) is 2.11. The van der Waals surface area contributed by atoms with E-state index >= 15 is 0 Å². The van der Waals surface area contributed by atoms with Gasteiger partial charge in [0.2, 0.25) is 0 Å². The fraction of sp³-hybridized carbons (Fsp3) is 0.333. The van der Waals surface area contributed by atoms with Crippen molar-refractivity contribution in [2.75, 3.05) is 5.32 Å². The summed E-state index contributed by atoms with van der Waals surface area (Å²) in [4.78, 5) is 11.7. The lowest BCUT2D eigenvalue weighted by Gasteiger charge is -2.09. The molecule has 1 aliphatic carbocycles. The van der Waals surface area contributed by atoms with Gasteiger partial charge in [0, 0.05) is 10.6 Å². The van der Waals surface area contributed by atoms with Gasteiger partial charge in [-0.15, -0.1) is 11.3 Å². The van der Waals surface area contributed by atoms with Gasteiger partial charge in [-0.3, -0.25) is 0 Å². The highest BCUT2D eigenvalue weighted by Crippen LogP contribution is 2.38. The summed E-state index contributed by atoms with van der Waals surface area (Å²) in [5, 5.41) is 4.74. The van der Waals surface area contributed by atoms with Crippen molar-refractivity contribution in [1.82, 2.24) is 9.97 Å². The van der Waals surface area contributed by atoms with Crippen LogP contribution >= 0.6 is 11.3 Å². The molecule has 3 nitrogen and oxygen atoms in total. The van der Waals surface area contributed by atoms with E-state index in [-0.39, 0.29) is 0 Å². The first-order valence-electron chi connectivity index (χ1n) is 7.90. The lowest BCUT2D eigenvalue weighted by atomic mass is 10.1. The summed E-state index contributed by atoms with van der Waals surface area (Å²) in [5.74, 6) is 0.954. The van der Waals surface area contributed by atoms with Gasteiger partial charge < -0.3 is 5.32 Å². The van der Waals surface area contributed by atoms with Crippen LogP contribution in [-0.2, 0) is 12.8 Å². The molecule has 0 atom stereocenters. The molecule has 2 heterocycles. The maximum absolute atomic E-state index is 4.53. The molecule has 1 aromatic carbocycles. The van der Waals surface area contributed by atoms with Gasteiger partial charge in [0.1, 0.15) is 17.0 Å². The zero-order chi connectivity index (χ0) is 14.9. The fourth-order valence-corrected chi connectivity index (χ4v) is 4.45. The monoisotopic (exact) mass is 309 g/mol. The third-order valence-corrected chi connectivity index (χ3v) is 5.48. The normalized spacial score (nSPS) is 14.6. The minimum absolute atomic E-state index is 0.954. The van der Waals surface area contributed by atoms with Crippen molar-refractivity contribution in [2.45, 2.75) is 39.0 Å². The van der Waals surface area contributed by atoms with E-state index in [1.54, 1.807) is 6.33 Å². The molecule has 0 aliphatic heterocycles. The second-order valence-electron chi connectivity index (χ2n) is 5.96. The largest absolute Gasteiger partial charge is 0.340 e. The first-order chi connectivity index (χ1) is 10.8. The van der Waals surface area contributed by atoms with Gasteiger partial charge in [-0.1, -0.05) is 18.6 Å². The molecule has 0 saturated heterocycles. The summed E-state index contributed by atoms with van der Waals surface area (Å²) in [5.41, 5.74) is 3.82. The number of anilines is 2. The lowest BCUT2D eigenvalue weighted by Crippen LogP contribution is -1.97. The van der Waals surface area contributed by atoms with Gasteiger partial charge in [-0.05, 0) is 55.9 Å². The number of nitrogens with one attached hydrogen (secondary N) is 1. The number of fused-ring (bicyclic) bond motifs is 3. The van der Waals surface area contributed by atoms with Gasteiger partial charge in [0.05, 0.1) is 5.39 Å². The van der Waals surface area contributed by atoms with Crippen molar-refractivity contribution in [3.05, 3.63) is 46.6 Å². The molecule has 3 aromatic rings. The maximum atomic E-state index is 4.53. The molecule has 22 heavy (non-hydrogen) atoms. The van der Waals surface area contributed by atoms with Crippen LogP contribution in [0.5, 0.6) is 0 Å². The fourth-order valence-electron chi connectivity index (χ4n) is 3.22. The second-order valence-corrected chi connectivity index (χ2v) is 7.04. The van der Waals surface area contributed by atoms with Crippen LogP contribution in [0, 0.1) is 6.92 Å². The van der Waals surface area contributed by atoms with Crippen molar-refractivity contribution < 1.29 is 0 Å². The summed E-state index contributed by atoms with van der Waals surface area (Å²) in [6.07, 6.45) is 7.93. The molecule has 0 saturated carbocycles. The molecular weight excluding hydrogens is 290 g/mol. The Morgan fingerprint density at radius 3 is 2.91 bits per heavy atom. The number of rotatable bonds is 2. The van der Waals surface area contributed by atoms with Gasteiger partial charge in [0.15, 0.2) is 0 Å². The number of aryl methyl sites for hydroxylation is 3. The standard InChI is InChI=1S/C18H19N3S/c1-12-6-5-7-13(10-12)21-17-16-14-8-3-2-4-9-15(14)22-18(16)20-11-19-17/h5-7,10-11H,2-4,8-9H2,1H3,(H,19,20,21). The van der Waals surface area contributed by atoms with Gasteiger partial charge in [0.25, 0.3) is 0 Å². The Balaban J connectivity index is 1.82. The highest BCUT2D eigenvalue weighted by atomic mass is 32.1. The highest BCUT2D eigenvalue weighted by molar-refractivity contribution is 7.18. The number of hydrogen-bond donors (Lipinski definition) is 1. The zero-order valence-electron chi connectivity index (χ0n) is 12.7.